The van der Waals surface area contributed by atoms with Crippen molar-refractivity contribution in [3.8, 4) is 0 Å². The number of ether oxygens (including phenoxy) is 3. The van der Waals surface area contributed by atoms with Crippen LogP contribution in [0.3, 0.4) is 0 Å². The first-order chi connectivity index (χ1) is 19.8. The Kier molecular flexibility index (Phi) is 11.7. The summed E-state index contributed by atoms with van der Waals surface area (Å²) in [5.74, 6) is 0.0688. The molecule has 3 atom stereocenters. The maximum atomic E-state index is 14.1. The smallest absolute Gasteiger partial charge is 0.277 e. The summed E-state index contributed by atoms with van der Waals surface area (Å²) in [4.78, 5) is 23.2. The maximum Gasteiger partial charge on any atom is 0.277 e. The molecular weight excluding hydrogens is 552 g/mol. The molecule has 13 nitrogen and oxygen atoms in total. The standard InChI is InChI=1S/C27H46N6O7S/c1-4-6-22-24-25(31(3)30-22)27(35)29-26(28-24)21-19-20(7-8-23(21)40-5-2)41(36,37)33(13-17-39-18-14-34)10-9-32-11-15-38-16-12-32/h20-21,23,34H,4-19H2,1-3H3,(H,28,29,35)/t20?,21-,23?/m1/s1. The van der Waals surface area contributed by atoms with E-state index in [0.717, 1.165) is 25.2 Å². The predicted molar refractivity (Wildman–Crippen MR) is 155 cm³/mol. The van der Waals surface area contributed by atoms with Crippen LogP contribution in [0, 0.1) is 0 Å². The van der Waals surface area contributed by atoms with Gasteiger partial charge in [-0.05, 0) is 32.6 Å². The minimum absolute atomic E-state index is 0.115. The first-order valence-electron chi connectivity index (χ1n) is 14.8. The van der Waals surface area contributed by atoms with Crippen molar-refractivity contribution >= 4 is 21.1 Å². The van der Waals surface area contributed by atoms with Gasteiger partial charge in [0.05, 0.1) is 50.1 Å². The molecule has 1 aliphatic carbocycles. The fourth-order valence-corrected chi connectivity index (χ4v) is 7.88. The van der Waals surface area contributed by atoms with Gasteiger partial charge in [-0.25, -0.2) is 13.4 Å². The van der Waals surface area contributed by atoms with E-state index >= 15 is 0 Å². The number of nitrogens with zero attached hydrogens (tertiary/aromatic N) is 5. The number of nitrogens with one attached hydrogen (secondary N) is 1. The summed E-state index contributed by atoms with van der Waals surface area (Å²) in [6, 6.07) is 0. The van der Waals surface area contributed by atoms with Crippen molar-refractivity contribution in [1.29, 1.82) is 0 Å². The summed E-state index contributed by atoms with van der Waals surface area (Å²) in [5.41, 5.74) is 1.47. The van der Waals surface area contributed by atoms with Gasteiger partial charge in [0.1, 0.15) is 11.3 Å². The van der Waals surface area contributed by atoms with Crippen molar-refractivity contribution in [2.45, 2.75) is 63.2 Å². The number of aromatic amines is 1. The van der Waals surface area contributed by atoms with Crippen LogP contribution in [0.1, 0.15) is 57.0 Å². The molecule has 1 aliphatic heterocycles. The number of aliphatic hydroxyl groups excluding tert-OH is 1. The predicted octanol–water partition coefficient (Wildman–Crippen LogP) is 0.623. The van der Waals surface area contributed by atoms with Gasteiger partial charge in [-0.15, -0.1) is 0 Å². The molecule has 41 heavy (non-hydrogen) atoms. The van der Waals surface area contributed by atoms with E-state index in [-0.39, 0.29) is 50.4 Å². The van der Waals surface area contributed by atoms with Crippen molar-refractivity contribution in [2.75, 3.05) is 72.4 Å². The number of sulfonamides is 1. The quantitative estimate of drug-likeness (QED) is 0.279. The van der Waals surface area contributed by atoms with Gasteiger partial charge in [0, 0.05) is 52.3 Å². The Bertz CT molecular complexity index is 1280. The number of aromatic nitrogens is 4. The zero-order valence-electron chi connectivity index (χ0n) is 24.6. The fraction of sp³-hybridized carbons (Fsp3) is 0.815. The number of hydrogen-bond donors (Lipinski definition) is 2. The van der Waals surface area contributed by atoms with Crippen LogP contribution in [0.15, 0.2) is 4.79 Å². The summed E-state index contributed by atoms with van der Waals surface area (Å²) in [7, 11) is -1.98. The highest BCUT2D eigenvalue weighted by atomic mass is 32.2. The SMILES string of the molecule is CCCc1nn(C)c2c(=O)[nH]c([C@@H]3CC(S(=O)(=O)N(CCOCCO)CCN4CCOCC4)CCC3OCC)nc12. The van der Waals surface area contributed by atoms with Crippen molar-refractivity contribution in [1.82, 2.24) is 29.0 Å². The van der Waals surface area contributed by atoms with Gasteiger partial charge in [-0.3, -0.25) is 14.4 Å². The third-order valence-electron chi connectivity index (χ3n) is 8.01. The second-order valence-electron chi connectivity index (χ2n) is 10.7. The third kappa shape index (κ3) is 7.72. The Hall–Kier alpha value is -1.94. The highest BCUT2D eigenvalue weighted by Gasteiger charge is 2.42. The van der Waals surface area contributed by atoms with Gasteiger partial charge < -0.3 is 24.3 Å². The molecule has 2 aromatic rings. The second kappa shape index (κ2) is 15.0. The number of aryl methyl sites for hydroxylation is 2. The molecule has 0 amide bonds. The highest BCUT2D eigenvalue weighted by molar-refractivity contribution is 7.89. The zero-order valence-corrected chi connectivity index (χ0v) is 25.4. The molecule has 2 fully saturated rings. The van der Waals surface area contributed by atoms with Crippen molar-refractivity contribution < 1.29 is 27.7 Å². The topological polar surface area (TPSA) is 152 Å². The lowest BCUT2D eigenvalue weighted by molar-refractivity contribution is 0.0188. The van der Waals surface area contributed by atoms with Crippen molar-refractivity contribution in [2.24, 2.45) is 7.05 Å². The minimum atomic E-state index is -3.72. The van der Waals surface area contributed by atoms with E-state index in [0.29, 0.717) is 69.0 Å². The normalized spacial score (nSPS) is 22.6. The highest BCUT2D eigenvalue weighted by Crippen LogP contribution is 2.37. The molecule has 2 N–H and O–H groups in total. The van der Waals surface area contributed by atoms with E-state index in [1.807, 2.05) is 6.92 Å². The number of morpholine rings is 1. The van der Waals surface area contributed by atoms with Crippen LogP contribution in [0.25, 0.3) is 11.0 Å². The third-order valence-corrected chi connectivity index (χ3v) is 10.4. The number of hydrogen-bond acceptors (Lipinski definition) is 10. The molecule has 0 bridgehead atoms. The van der Waals surface area contributed by atoms with Gasteiger partial charge in [0.15, 0.2) is 5.52 Å². The molecule has 2 aliphatic rings. The molecular formula is C27H46N6O7S. The Morgan fingerprint density at radius 2 is 1.95 bits per heavy atom. The number of fused-ring (bicyclic) bond motifs is 1. The lowest BCUT2D eigenvalue weighted by atomic mass is 9.85. The van der Waals surface area contributed by atoms with E-state index in [1.54, 1.807) is 11.7 Å². The first kappa shape index (κ1) is 32.0. The lowest BCUT2D eigenvalue weighted by Crippen LogP contribution is -2.48. The largest absolute Gasteiger partial charge is 0.394 e. The van der Waals surface area contributed by atoms with E-state index in [1.165, 1.54) is 4.31 Å². The summed E-state index contributed by atoms with van der Waals surface area (Å²) >= 11 is 0. The van der Waals surface area contributed by atoms with Crippen molar-refractivity contribution in [3.63, 3.8) is 0 Å². The second-order valence-corrected chi connectivity index (χ2v) is 13.0. The molecule has 2 aromatic heterocycles. The summed E-state index contributed by atoms with van der Waals surface area (Å²) < 4.78 is 48.3. The molecule has 2 unspecified atom stereocenters. The van der Waals surface area contributed by atoms with Crippen molar-refractivity contribution in [3.05, 3.63) is 21.9 Å². The van der Waals surface area contributed by atoms with Crippen LogP contribution in [0.4, 0.5) is 0 Å². The molecule has 14 heteroatoms. The van der Waals surface area contributed by atoms with Gasteiger partial charge >= 0.3 is 0 Å². The Labute approximate surface area is 242 Å². The Morgan fingerprint density at radius 3 is 2.66 bits per heavy atom. The summed E-state index contributed by atoms with van der Waals surface area (Å²) in [5, 5.41) is 13.0. The summed E-state index contributed by atoms with van der Waals surface area (Å²) in [6.07, 6.45) is 2.58. The van der Waals surface area contributed by atoms with Crippen LogP contribution in [-0.2, 0) is 37.7 Å². The van der Waals surface area contributed by atoms with E-state index in [9.17, 15) is 13.2 Å². The molecule has 0 radical (unpaired) electrons. The zero-order chi connectivity index (χ0) is 29.4. The average Bonchev–Trinajstić information content (AvgIpc) is 3.28. The Balaban J connectivity index is 1.60. The van der Waals surface area contributed by atoms with Crippen LogP contribution in [-0.4, -0.2) is 126 Å². The molecule has 232 valence electrons. The number of rotatable bonds is 15. The molecule has 3 heterocycles. The molecule has 1 saturated heterocycles. The fourth-order valence-electron chi connectivity index (χ4n) is 5.91. The van der Waals surface area contributed by atoms with E-state index in [2.05, 4.69) is 21.9 Å². The van der Waals surface area contributed by atoms with Crippen LogP contribution in [0.5, 0.6) is 0 Å². The molecule has 4 rings (SSSR count). The monoisotopic (exact) mass is 598 g/mol. The molecule has 0 aromatic carbocycles. The molecule has 0 spiro atoms. The van der Waals surface area contributed by atoms with E-state index < -0.39 is 15.3 Å². The average molecular weight is 599 g/mol. The number of H-pyrrole nitrogens is 1. The van der Waals surface area contributed by atoms with Crippen LogP contribution in [0.2, 0.25) is 0 Å². The van der Waals surface area contributed by atoms with Gasteiger partial charge in [-0.1, -0.05) is 13.3 Å². The van der Waals surface area contributed by atoms with Gasteiger partial charge in [-0.2, -0.15) is 9.40 Å². The maximum absolute atomic E-state index is 14.1. The van der Waals surface area contributed by atoms with Gasteiger partial charge in [0.2, 0.25) is 10.0 Å². The minimum Gasteiger partial charge on any atom is -0.394 e. The Morgan fingerprint density at radius 1 is 1.17 bits per heavy atom. The van der Waals surface area contributed by atoms with E-state index in [4.69, 9.17) is 24.3 Å². The number of aliphatic hydroxyl groups is 1. The first-order valence-corrected chi connectivity index (χ1v) is 16.3. The lowest BCUT2D eigenvalue weighted by Gasteiger charge is -2.37. The van der Waals surface area contributed by atoms with Gasteiger partial charge in [0.25, 0.3) is 5.56 Å². The summed E-state index contributed by atoms with van der Waals surface area (Å²) in [6.45, 7) is 8.67. The van der Waals surface area contributed by atoms with Crippen LogP contribution < -0.4 is 5.56 Å². The van der Waals surface area contributed by atoms with Crippen LogP contribution >= 0.6 is 0 Å². The molecule has 1 saturated carbocycles.